The number of ether oxygens (including phenoxy) is 2. The van der Waals surface area contributed by atoms with Crippen molar-refractivity contribution in [2.75, 3.05) is 19.8 Å². The summed E-state index contributed by atoms with van der Waals surface area (Å²) < 4.78 is 10.6. The van der Waals surface area contributed by atoms with Crippen molar-refractivity contribution >= 4 is 11.9 Å². The second-order valence-electron chi connectivity index (χ2n) is 7.22. The van der Waals surface area contributed by atoms with Gasteiger partial charge in [0.2, 0.25) is 0 Å². The first-order chi connectivity index (χ1) is 11.6. The highest BCUT2D eigenvalue weighted by Crippen LogP contribution is 2.29. The van der Waals surface area contributed by atoms with E-state index in [4.69, 9.17) is 14.6 Å². The fraction of sp³-hybridized carbons (Fsp3) is 0.579. The van der Waals surface area contributed by atoms with Crippen molar-refractivity contribution < 1.29 is 24.2 Å². The highest BCUT2D eigenvalue weighted by molar-refractivity contribution is 5.94. The van der Waals surface area contributed by atoms with Gasteiger partial charge in [0.05, 0.1) is 6.61 Å². The predicted octanol–water partition coefficient (Wildman–Crippen LogP) is 3.35. The second kappa shape index (κ2) is 9.30. The van der Waals surface area contributed by atoms with Gasteiger partial charge in [0, 0.05) is 12.1 Å². The van der Waals surface area contributed by atoms with E-state index in [2.05, 4.69) is 33.0 Å². The van der Waals surface area contributed by atoms with Gasteiger partial charge in [-0.15, -0.1) is 0 Å². The third kappa shape index (κ3) is 7.45. The van der Waals surface area contributed by atoms with E-state index in [1.807, 2.05) is 6.92 Å². The summed E-state index contributed by atoms with van der Waals surface area (Å²) in [5, 5.41) is 11.7. The number of hydrogen-bond acceptors (Lipinski definition) is 4. The van der Waals surface area contributed by atoms with Gasteiger partial charge in [-0.25, -0.2) is 4.79 Å². The smallest absolute Gasteiger partial charge is 0.341 e. The maximum absolute atomic E-state index is 12.4. The summed E-state index contributed by atoms with van der Waals surface area (Å²) in [6.45, 7) is 10.9. The quantitative estimate of drug-likeness (QED) is 0.675. The second-order valence-corrected chi connectivity index (χ2v) is 7.22. The van der Waals surface area contributed by atoms with Gasteiger partial charge >= 0.3 is 5.97 Å². The van der Waals surface area contributed by atoms with Crippen LogP contribution in [0.5, 0.6) is 11.5 Å². The Morgan fingerprint density at radius 1 is 1.20 bits per heavy atom. The molecule has 0 fully saturated rings. The van der Waals surface area contributed by atoms with E-state index in [0.29, 0.717) is 36.1 Å². The fourth-order valence-corrected chi connectivity index (χ4v) is 2.78. The van der Waals surface area contributed by atoms with E-state index in [9.17, 15) is 9.59 Å². The molecule has 2 N–H and O–H groups in total. The Morgan fingerprint density at radius 2 is 1.88 bits per heavy atom. The summed E-state index contributed by atoms with van der Waals surface area (Å²) in [6, 6.07) is 4.73. The van der Waals surface area contributed by atoms with Crippen LogP contribution in [0.15, 0.2) is 18.2 Å². The summed E-state index contributed by atoms with van der Waals surface area (Å²) >= 11 is 0. The Bertz CT molecular complexity index is 595. The Hall–Kier alpha value is -2.24. The van der Waals surface area contributed by atoms with Crippen molar-refractivity contribution in [3.05, 3.63) is 23.8 Å². The van der Waals surface area contributed by atoms with Gasteiger partial charge in [-0.1, -0.05) is 27.7 Å². The topological polar surface area (TPSA) is 84.9 Å². The fourth-order valence-electron chi connectivity index (χ4n) is 2.78. The molecule has 25 heavy (non-hydrogen) atoms. The number of aliphatic carboxylic acids is 1. The average molecular weight is 351 g/mol. The van der Waals surface area contributed by atoms with E-state index in [-0.39, 0.29) is 11.3 Å². The predicted molar refractivity (Wildman–Crippen MR) is 96.3 cm³/mol. The Labute approximate surface area is 149 Å². The molecule has 0 saturated carbocycles. The summed E-state index contributed by atoms with van der Waals surface area (Å²) in [4.78, 5) is 23.1. The molecule has 0 radical (unpaired) electrons. The van der Waals surface area contributed by atoms with Crippen LogP contribution in [0.25, 0.3) is 0 Å². The van der Waals surface area contributed by atoms with Crippen LogP contribution >= 0.6 is 0 Å². The van der Waals surface area contributed by atoms with Gasteiger partial charge in [-0.05, 0) is 42.9 Å². The molecule has 140 valence electrons. The lowest BCUT2D eigenvalue weighted by molar-refractivity contribution is -0.139. The minimum Gasteiger partial charge on any atom is -0.490 e. The number of carbonyl (C=O) groups is 2. The lowest BCUT2D eigenvalue weighted by atomic mass is 9.84. The molecule has 0 atom stereocenters. The number of carboxylic acids is 1. The molecule has 6 nitrogen and oxygen atoms in total. The summed E-state index contributed by atoms with van der Waals surface area (Å²) in [6.07, 6.45) is 1.01. The molecule has 0 spiro atoms. The molecule has 0 heterocycles. The molecule has 0 aliphatic rings. The number of rotatable bonds is 10. The summed E-state index contributed by atoms with van der Waals surface area (Å²) in [7, 11) is 0. The van der Waals surface area contributed by atoms with E-state index >= 15 is 0 Å². The molecule has 0 bridgehead atoms. The first-order valence-corrected chi connectivity index (χ1v) is 8.54. The maximum Gasteiger partial charge on any atom is 0.341 e. The highest BCUT2D eigenvalue weighted by atomic mass is 16.5. The van der Waals surface area contributed by atoms with Crippen molar-refractivity contribution in [2.24, 2.45) is 11.3 Å². The molecule has 0 aliphatic carbocycles. The summed E-state index contributed by atoms with van der Waals surface area (Å²) in [5.41, 5.74) is 0.461. The first kappa shape index (κ1) is 20.8. The molecule has 0 unspecified atom stereocenters. The minimum absolute atomic E-state index is 0.0110. The minimum atomic E-state index is -1.07. The molecular formula is C19H29NO5. The van der Waals surface area contributed by atoms with E-state index < -0.39 is 12.6 Å². The van der Waals surface area contributed by atoms with Crippen molar-refractivity contribution in [3.8, 4) is 11.5 Å². The molecule has 1 aromatic rings. The third-order valence-electron chi connectivity index (χ3n) is 3.55. The van der Waals surface area contributed by atoms with Crippen LogP contribution in [-0.2, 0) is 4.79 Å². The Balaban J connectivity index is 2.81. The number of hydrogen-bond donors (Lipinski definition) is 2. The largest absolute Gasteiger partial charge is 0.490 e. The van der Waals surface area contributed by atoms with Crippen LogP contribution in [0.1, 0.15) is 51.4 Å². The monoisotopic (exact) mass is 351 g/mol. The van der Waals surface area contributed by atoms with Crippen LogP contribution in [0.2, 0.25) is 0 Å². The lowest BCUT2D eigenvalue weighted by Gasteiger charge is -2.27. The zero-order valence-corrected chi connectivity index (χ0v) is 15.7. The standard InChI is InChI=1S/C19H29NO5/c1-6-24-16-9-14(7-8-15(16)25-11-17(21)22)18(23)20-12-19(4,5)10-13(2)3/h7-9,13H,6,10-12H2,1-5H3,(H,20,23)(H,21,22). The molecule has 1 aromatic carbocycles. The third-order valence-corrected chi connectivity index (χ3v) is 3.55. The Kier molecular flexibility index (Phi) is 7.74. The van der Waals surface area contributed by atoms with Crippen LogP contribution in [-0.4, -0.2) is 36.7 Å². The molecule has 0 aromatic heterocycles. The number of carbonyl (C=O) groups excluding carboxylic acids is 1. The number of amides is 1. The van der Waals surface area contributed by atoms with Gasteiger partial charge in [0.1, 0.15) is 0 Å². The van der Waals surface area contributed by atoms with E-state index in [0.717, 1.165) is 6.42 Å². The van der Waals surface area contributed by atoms with Gasteiger partial charge in [-0.2, -0.15) is 0 Å². The lowest BCUT2D eigenvalue weighted by Crippen LogP contribution is -2.34. The zero-order chi connectivity index (χ0) is 19.0. The van der Waals surface area contributed by atoms with Crippen molar-refractivity contribution in [3.63, 3.8) is 0 Å². The SMILES string of the molecule is CCOc1cc(C(=O)NCC(C)(C)CC(C)C)ccc1OCC(=O)O. The zero-order valence-electron chi connectivity index (χ0n) is 15.7. The van der Waals surface area contributed by atoms with E-state index in [1.165, 1.54) is 0 Å². The van der Waals surface area contributed by atoms with Crippen LogP contribution in [0, 0.1) is 11.3 Å². The van der Waals surface area contributed by atoms with Crippen LogP contribution in [0.4, 0.5) is 0 Å². The first-order valence-electron chi connectivity index (χ1n) is 8.54. The average Bonchev–Trinajstić information content (AvgIpc) is 2.50. The number of benzene rings is 1. The highest BCUT2D eigenvalue weighted by Gasteiger charge is 2.21. The maximum atomic E-state index is 12.4. The number of carboxylic acid groups (broad SMARTS) is 1. The van der Waals surface area contributed by atoms with Crippen molar-refractivity contribution in [2.45, 2.75) is 41.0 Å². The molecular weight excluding hydrogens is 322 g/mol. The molecule has 0 aliphatic heterocycles. The molecule has 1 rings (SSSR count). The molecule has 6 heteroatoms. The van der Waals surface area contributed by atoms with Crippen molar-refractivity contribution in [1.29, 1.82) is 0 Å². The van der Waals surface area contributed by atoms with Crippen molar-refractivity contribution in [1.82, 2.24) is 5.32 Å². The molecule has 1 amide bonds. The van der Waals surface area contributed by atoms with Gasteiger partial charge in [0.15, 0.2) is 18.1 Å². The van der Waals surface area contributed by atoms with E-state index in [1.54, 1.807) is 18.2 Å². The van der Waals surface area contributed by atoms with Crippen LogP contribution < -0.4 is 14.8 Å². The van der Waals surface area contributed by atoms with Gasteiger partial charge in [0.25, 0.3) is 5.91 Å². The van der Waals surface area contributed by atoms with Gasteiger partial charge < -0.3 is 19.9 Å². The van der Waals surface area contributed by atoms with Crippen LogP contribution in [0.3, 0.4) is 0 Å². The molecule has 0 saturated heterocycles. The normalized spacial score (nSPS) is 11.3. The Morgan fingerprint density at radius 3 is 2.44 bits per heavy atom. The van der Waals surface area contributed by atoms with Gasteiger partial charge in [-0.3, -0.25) is 4.79 Å². The number of nitrogens with one attached hydrogen (secondary N) is 1. The summed E-state index contributed by atoms with van der Waals surface area (Å²) in [5.74, 6) is -0.0416.